The molecule has 2 aromatic rings. The molecule has 0 aromatic heterocycles. The maximum absolute atomic E-state index is 6.18. The monoisotopic (exact) mass is 301 g/mol. The molecule has 0 aliphatic carbocycles. The van der Waals surface area contributed by atoms with Crippen LogP contribution in [0.2, 0.25) is 5.02 Å². The zero-order valence-electron chi connectivity index (χ0n) is 13.3. The molecule has 0 fully saturated rings. The number of halogens is 1. The normalized spacial score (nSPS) is 12.4. The quantitative estimate of drug-likeness (QED) is 0.812. The topological polar surface area (TPSA) is 12.0 Å². The van der Waals surface area contributed by atoms with Crippen LogP contribution in [0.4, 0.5) is 0 Å². The first-order valence-corrected chi connectivity index (χ1v) is 8.03. The van der Waals surface area contributed by atoms with E-state index in [4.69, 9.17) is 11.6 Å². The fourth-order valence-electron chi connectivity index (χ4n) is 2.92. The van der Waals surface area contributed by atoms with Crippen molar-refractivity contribution in [3.05, 3.63) is 69.2 Å². The van der Waals surface area contributed by atoms with Gasteiger partial charge in [0.25, 0.3) is 0 Å². The first-order valence-electron chi connectivity index (χ1n) is 7.65. The molecule has 21 heavy (non-hydrogen) atoms. The van der Waals surface area contributed by atoms with Crippen LogP contribution in [-0.2, 0) is 12.8 Å². The lowest BCUT2D eigenvalue weighted by Gasteiger charge is -2.21. The summed E-state index contributed by atoms with van der Waals surface area (Å²) in [4.78, 5) is 0. The first-order chi connectivity index (χ1) is 10.1. The third kappa shape index (κ3) is 3.48. The van der Waals surface area contributed by atoms with Crippen LogP contribution in [-0.4, -0.2) is 7.05 Å². The van der Waals surface area contributed by atoms with Crippen molar-refractivity contribution in [2.45, 2.75) is 39.7 Å². The van der Waals surface area contributed by atoms with Gasteiger partial charge in [-0.3, -0.25) is 0 Å². The van der Waals surface area contributed by atoms with E-state index in [1.54, 1.807) is 0 Å². The van der Waals surface area contributed by atoms with E-state index in [0.29, 0.717) is 0 Å². The summed E-state index contributed by atoms with van der Waals surface area (Å²) < 4.78 is 0. The molecule has 1 nitrogen and oxygen atoms in total. The molecule has 1 atom stereocenters. The maximum Gasteiger partial charge on any atom is 0.0577 e. The van der Waals surface area contributed by atoms with E-state index in [2.05, 4.69) is 56.4 Å². The molecule has 1 unspecified atom stereocenters. The molecule has 0 radical (unpaired) electrons. The summed E-state index contributed by atoms with van der Waals surface area (Å²) in [5, 5.41) is 4.22. The van der Waals surface area contributed by atoms with E-state index in [-0.39, 0.29) is 6.04 Å². The summed E-state index contributed by atoms with van der Waals surface area (Å²) in [6, 6.07) is 13.1. The molecule has 0 spiro atoms. The fourth-order valence-corrected chi connectivity index (χ4v) is 3.10. The Balaban J connectivity index is 2.48. The first kappa shape index (κ1) is 16.1. The van der Waals surface area contributed by atoms with Crippen LogP contribution in [0.3, 0.4) is 0 Å². The lowest BCUT2D eigenvalue weighted by atomic mass is 9.91. The lowest BCUT2D eigenvalue weighted by Crippen LogP contribution is -2.19. The van der Waals surface area contributed by atoms with Gasteiger partial charge in [-0.25, -0.2) is 0 Å². The standard InChI is InChI=1S/C19H24ClN/c1-5-14-8-9-16(11-15(14)6-2)19(21-4)18-12-17(20)10-7-13(18)3/h7-12,19,21H,5-6H2,1-4H3. The van der Waals surface area contributed by atoms with Gasteiger partial charge in [0.1, 0.15) is 0 Å². The van der Waals surface area contributed by atoms with Crippen molar-refractivity contribution in [2.24, 2.45) is 0 Å². The van der Waals surface area contributed by atoms with Gasteiger partial charge in [-0.15, -0.1) is 0 Å². The number of rotatable bonds is 5. The highest BCUT2D eigenvalue weighted by Gasteiger charge is 2.15. The van der Waals surface area contributed by atoms with Gasteiger partial charge in [0, 0.05) is 5.02 Å². The van der Waals surface area contributed by atoms with Crippen molar-refractivity contribution in [1.29, 1.82) is 0 Å². The third-order valence-electron chi connectivity index (χ3n) is 4.17. The molecular weight excluding hydrogens is 278 g/mol. The highest BCUT2D eigenvalue weighted by molar-refractivity contribution is 6.30. The van der Waals surface area contributed by atoms with Crippen LogP contribution in [0.15, 0.2) is 36.4 Å². The van der Waals surface area contributed by atoms with Crippen molar-refractivity contribution >= 4 is 11.6 Å². The molecule has 0 saturated carbocycles. The molecule has 2 rings (SSSR count). The highest BCUT2D eigenvalue weighted by Crippen LogP contribution is 2.28. The second-order valence-corrected chi connectivity index (χ2v) is 5.89. The summed E-state index contributed by atoms with van der Waals surface area (Å²) in [7, 11) is 2.00. The number of hydrogen-bond donors (Lipinski definition) is 1. The molecule has 0 saturated heterocycles. The zero-order valence-corrected chi connectivity index (χ0v) is 14.1. The van der Waals surface area contributed by atoms with Crippen molar-refractivity contribution in [2.75, 3.05) is 7.05 Å². The Labute approximate surface area is 133 Å². The van der Waals surface area contributed by atoms with Gasteiger partial charge < -0.3 is 5.32 Å². The molecule has 1 N–H and O–H groups in total. The van der Waals surface area contributed by atoms with Gasteiger partial charge in [0.05, 0.1) is 6.04 Å². The average Bonchev–Trinajstić information content (AvgIpc) is 2.51. The van der Waals surface area contributed by atoms with Gasteiger partial charge in [0.15, 0.2) is 0 Å². The maximum atomic E-state index is 6.18. The minimum absolute atomic E-state index is 0.180. The molecule has 2 heteroatoms. The van der Waals surface area contributed by atoms with E-state index in [1.165, 1.54) is 27.8 Å². The van der Waals surface area contributed by atoms with Crippen molar-refractivity contribution < 1.29 is 0 Å². The summed E-state index contributed by atoms with van der Waals surface area (Å²) >= 11 is 6.18. The van der Waals surface area contributed by atoms with Gasteiger partial charge >= 0.3 is 0 Å². The van der Waals surface area contributed by atoms with Crippen molar-refractivity contribution in [1.82, 2.24) is 5.32 Å². The van der Waals surface area contributed by atoms with Gasteiger partial charge in [-0.05, 0) is 66.8 Å². The minimum Gasteiger partial charge on any atom is -0.309 e. The predicted molar refractivity (Wildman–Crippen MR) is 92.3 cm³/mol. The molecular formula is C19H24ClN. The van der Waals surface area contributed by atoms with Crippen LogP contribution in [0.1, 0.15) is 47.7 Å². The molecule has 0 heterocycles. The van der Waals surface area contributed by atoms with Crippen LogP contribution < -0.4 is 5.32 Å². The molecule has 2 aromatic carbocycles. The van der Waals surface area contributed by atoms with Crippen LogP contribution in [0.25, 0.3) is 0 Å². The Morgan fingerprint density at radius 3 is 2.33 bits per heavy atom. The SMILES string of the molecule is CCc1ccc(C(NC)c2cc(Cl)ccc2C)cc1CC. The van der Waals surface area contributed by atoms with Crippen LogP contribution >= 0.6 is 11.6 Å². The Hall–Kier alpha value is -1.31. The van der Waals surface area contributed by atoms with E-state index in [1.807, 2.05) is 13.1 Å². The number of benzene rings is 2. The van der Waals surface area contributed by atoms with Crippen molar-refractivity contribution in [3.63, 3.8) is 0 Å². The van der Waals surface area contributed by atoms with E-state index in [9.17, 15) is 0 Å². The largest absolute Gasteiger partial charge is 0.309 e. The highest BCUT2D eigenvalue weighted by atomic mass is 35.5. The van der Waals surface area contributed by atoms with E-state index < -0.39 is 0 Å². The molecule has 0 bridgehead atoms. The Kier molecular flexibility index (Phi) is 5.44. The molecule has 0 amide bonds. The van der Waals surface area contributed by atoms with Crippen LogP contribution in [0.5, 0.6) is 0 Å². The predicted octanol–water partition coefficient (Wildman–Crippen LogP) is 5.08. The molecule has 0 aliphatic heterocycles. The molecule has 0 aliphatic rings. The molecule has 112 valence electrons. The summed E-state index contributed by atoms with van der Waals surface area (Å²) in [6.45, 7) is 6.57. The minimum atomic E-state index is 0.180. The second-order valence-electron chi connectivity index (χ2n) is 5.46. The second kappa shape index (κ2) is 7.11. The average molecular weight is 302 g/mol. The number of nitrogens with one attached hydrogen (secondary N) is 1. The van der Waals surface area contributed by atoms with Crippen molar-refractivity contribution in [3.8, 4) is 0 Å². The van der Waals surface area contributed by atoms with E-state index >= 15 is 0 Å². The van der Waals surface area contributed by atoms with Gasteiger partial charge in [0.2, 0.25) is 0 Å². The van der Waals surface area contributed by atoms with Gasteiger partial charge in [-0.2, -0.15) is 0 Å². The Morgan fingerprint density at radius 1 is 1.00 bits per heavy atom. The number of aryl methyl sites for hydroxylation is 3. The smallest absolute Gasteiger partial charge is 0.0577 e. The van der Waals surface area contributed by atoms with Gasteiger partial charge in [-0.1, -0.05) is 49.7 Å². The fraction of sp³-hybridized carbons (Fsp3) is 0.368. The lowest BCUT2D eigenvalue weighted by molar-refractivity contribution is 0.686. The third-order valence-corrected chi connectivity index (χ3v) is 4.40. The Bertz CT molecular complexity index is 619. The summed E-state index contributed by atoms with van der Waals surface area (Å²) in [5.41, 5.74) is 6.69. The summed E-state index contributed by atoms with van der Waals surface area (Å²) in [5.74, 6) is 0. The Morgan fingerprint density at radius 2 is 1.71 bits per heavy atom. The summed E-state index contributed by atoms with van der Waals surface area (Å²) in [6.07, 6.45) is 2.16. The van der Waals surface area contributed by atoms with Crippen LogP contribution in [0, 0.1) is 6.92 Å². The zero-order chi connectivity index (χ0) is 15.4. The van der Waals surface area contributed by atoms with E-state index in [0.717, 1.165) is 17.9 Å². The number of hydrogen-bond acceptors (Lipinski definition) is 1.